The van der Waals surface area contributed by atoms with E-state index in [0.717, 1.165) is 29.5 Å². The fraction of sp³-hybridized carbons (Fsp3) is 0.591. The number of nitrogens with zero attached hydrogens (tertiary/aromatic N) is 1. The smallest absolute Gasteiger partial charge is 0.407 e. The zero-order valence-electron chi connectivity index (χ0n) is 18.7. The number of alkyl carbamates (subject to hydrolysis) is 1. The van der Waals surface area contributed by atoms with Crippen molar-refractivity contribution >= 4 is 39.5 Å². The summed E-state index contributed by atoms with van der Waals surface area (Å²) in [4.78, 5) is 38.9. The maximum Gasteiger partial charge on any atom is 0.407 e. The van der Waals surface area contributed by atoms with Gasteiger partial charge in [-0.2, -0.15) is 0 Å². The van der Waals surface area contributed by atoms with Crippen LogP contribution in [0.3, 0.4) is 0 Å². The highest BCUT2D eigenvalue weighted by Crippen LogP contribution is 2.20. The highest BCUT2D eigenvalue weighted by molar-refractivity contribution is 9.10. The van der Waals surface area contributed by atoms with E-state index in [0.29, 0.717) is 19.6 Å². The Morgan fingerprint density at radius 2 is 1.81 bits per heavy atom. The van der Waals surface area contributed by atoms with E-state index < -0.39 is 11.7 Å². The number of benzene rings is 1. The number of ether oxygens (including phenoxy) is 1. The van der Waals surface area contributed by atoms with Gasteiger partial charge in [0.1, 0.15) is 5.60 Å². The number of carbonyl (C=O) groups is 3. The normalized spacial score (nSPS) is 18.0. The molecule has 0 spiro atoms. The number of hydrogen-bond acceptors (Lipinski definition) is 5. The Labute approximate surface area is 192 Å². The molecule has 0 saturated carbocycles. The van der Waals surface area contributed by atoms with Crippen LogP contribution >= 0.6 is 15.9 Å². The minimum atomic E-state index is -0.556. The lowest BCUT2D eigenvalue weighted by Gasteiger charge is -2.35. The van der Waals surface area contributed by atoms with Gasteiger partial charge in [0.05, 0.1) is 12.0 Å². The molecule has 31 heavy (non-hydrogen) atoms. The second-order valence-electron chi connectivity index (χ2n) is 8.73. The maximum absolute atomic E-state index is 12.6. The summed E-state index contributed by atoms with van der Waals surface area (Å²) >= 11 is 3.38. The SMILES string of the molecule is CC(C(=O)Nc1ccc(Br)cc1)N1CCCC(C(=O)NCCNC(=O)OC(C)(C)C)C1. The number of halogens is 1. The van der Waals surface area contributed by atoms with Gasteiger partial charge < -0.3 is 20.7 Å². The van der Waals surface area contributed by atoms with Crippen molar-refractivity contribution in [2.24, 2.45) is 5.92 Å². The molecule has 1 aromatic rings. The van der Waals surface area contributed by atoms with Crippen LogP contribution in [0.4, 0.5) is 10.5 Å². The molecule has 1 aromatic carbocycles. The summed E-state index contributed by atoms with van der Waals surface area (Å²) in [6.07, 6.45) is 1.13. The molecule has 0 aliphatic carbocycles. The highest BCUT2D eigenvalue weighted by atomic mass is 79.9. The summed E-state index contributed by atoms with van der Waals surface area (Å²) in [5.74, 6) is -0.334. The van der Waals surface area contributed by atoms with Crippen LogP contribution in [0.5, 0.6) is 0 Å². The van der Waals surface area contributed by atoms with Gasteiger partial charge in [0.15, 0.2) is 0 Å². The third-order valence-corrected chi connectivity index (χ3v) is 5.48. The summed E-state index contributed by atoms with van der Waals surface area (Å²) in [6.45, 7) is 9.17. The molecule has 1 saturated heterocycles. The van der Waals surface area contributed by atoms with Gasteiger partial charge in [-0.25, -0.2) is 4.79 Å². The molecule has 1 heterocycles. The molecular weight excluding hydrogens is 464 g/mol. The summed E-state index contributed by atoms with van der Waals surface area (Å²) in [5, 5.41) is 8.41. The molecule has 172 valence electrons. The number of likely N-dealkylation sites (tertiary alicyclic amines) is 1. The molecule has 3 N–H and O–H groups in total. The summed E-state index contributed by atoms with van der Waals surface area (Å²) < 4.78 is 6.11. The molecule has 1 fully saturated rings. The van der Waals surface area contributed by atoms with Gasteiger partial charge in [-0.3, -0.25) is 14.5 Å². The lowest BCUT2D eigenvalue weighted by atomic mass is 9.96. The van der Waals surface area contributed by atoms with Gasteiger partial charge in [0, 0.05) is 29.8 Å². The molecule has 3 amide bonds. The van der Waals surface area contributed by atoms with Crippen LogP contribution in [0.25, 0.3) is 0 Å². The van der Waals surface area contributed by atoms with Crippen LogP contribution in [-0.2, 0) is 14.3 Å². The van der Waals surface area contributed by atoms with Gasteiger partial charge in [0.25, 0.3) is 0 Å². The number of rotatable bonds is 7. The number of carbonyl (C=O) groups excluding carboxylic acids is 3. The largest absolute Gasteiger partial charge is 0.444 e. The van der Waals surface area contributed by atoms with Crippen molar-refractivity contribution < 1.29 is 19.1 Å². The number of hydrogen-bond donors (Lipinski definition) is 3. The van der Waals surface area contributed by atoms with Gasteiger partial charge in [0.2, 0.25) is 11.8 Å². The molecule has 1 aliphatic rings. The molecule has 1 aliphatic heterocycles. The van der Waals surface area contributed by atoms with E-state index in [2.05, 4.69) is 31.9 Å². The van der Waals surface area contributed by atoms with Gasteiger partial charge in [-0.15, -0.1) is 0 Å². The number of piperidine rings is 1. The average molecular weight is 497 g/mol. The van der Waals surface area contributed by atoms with Crippen molar-refractivity contribution in [2.75, 3.05) is 31.5 Å². The van der Waals surface area contributed by atoms with E-state index in [4.69, 9.17) is 4.74 Å². The topological polar surface area (TPSA) is 99.8 Å². The second-order valence-corrected chi connectivity index (χ2v) is 9.64. The standard InChI is InChI=1S/C22H33BrN4O4/c1-15(19(28)26-18-9-7-17(23)8-10-18)27-13-5-6-16(14-27)20(29)24-11-12-25-21(30)31-22(2,3)4/h7-10,15-16H,5-6,11-14H2,1-4H3,(H,24,29)(H,25,30)(H,26,28). The van der Waals surface area contributed by atoms with Crippen LogP contribution in [-0.4, -0.2) is 60.6 Å². The molecule has 9 heteroatoms. The minimum Gasteiger partial charge on any atom is -0.444 e. The van der Waals surface area contributed by atoms with Crippen LogP contribution in [0.2, 0.25) is 0 Å². The van der Waals surface area contributed by atoms with Gasteiger partial charge >= 0.3 is 6.09 Å². The van der Waals surface area contributed by atoms with Gasteiger partial charge in [-0.05, 0) is 71.3 Å². The first-order valence-electron chi connectivity index (χ1n) is 10.6. The second kappa shape index (κ2) is 11.5. The van der Waals surface area contributed by atoms with E-state index >= 15 is 0 Å². The van der Waals surface area contributed by atoms with E-state index in [9.17, 15) is 14.4 Å². The van der Waals surface area contributed by atoms with E-state index in [1.807, 2.05) is 36.1 Å². The summed E-state index contributed by atoms with van der Waals surface area (Å²) in [5.41, 5.74) is 0.183. The number of amides is 3. The van der Waals surface area contributed by atoms with Crippen molar-refractivity contribution in [3.05, 3.63) is 28.7 Å². The lowest BCUT2D eigenvalue weighted by Crippen LogP contribution is -2.50. The Morgan fingerprint density at radius 3 is 2.45 bits per heavy atom. The number of nitrogens with one attached hydrogen (secondary N) is 3. The summed E-state index contributed by atoms with van der Waals surface area (Å²) in [7, 11) is 0. The predicted octanol–water partition coefficient (Wildman–Crippen LogP) is 3.13. The fourth-order valence-electron chi connectivity index (χ4n) is 3.33. The Bertz CT molecular complexity index is 764. The summed E-state index contributed by atoms with van der Waals surface area (Å²) in [6, 6.07) is 7.09. The average Bonchev–Trinajstić information content (AvgIpc) is 2.71. The first-order chi connectivity index (χ1) is 14.5. The Balaban J connectivity index is 1.76. The van der Waals surface area contributed by atoms with Crippen molar-refractivity contribution in [1.82, 2.24) is 15.5 Å². The third kappa shape index (κ3) is 8.86. The van der Waals surface area contributed by atoms with Crippen molar-refractivity contribution in [3.63, 3.8) is 0 Å². The van der Waals surface area contributed by atoms with Crippen molar-refractivity contribution in [3.8, 4) is 0 Å². The molecule has 2 atom stereocenters. The first kappa shape index (κ1) is 25.1. The van der Waals surface area contributed by atoms with E-state index in [1.165, 1.54) is 0 Å². The zero-order chi connectivity index (χ0) is 23.0. The molecule has 2 unspecified atom stereocenters. The van der Waals surface area contributed by atoms with Gasteiger partial charge in [-0.1, -0.05) is 15.9 Å². The van der Waals surface area contributed by atoms with Crippen molar-refractivity contribution in [1.29, 1.82) is 0 Å². The molecule has 8 nitrogen and oxygen atoms in total. The third-order valence-electron chi connectivity index (χ3n) is 4.95. The van der Waals surface area contributed by atoms with E-state index in [1.54, 1.807) is 20.8 Å². The van der Waals surface area contributed by atoms with Crippen LogP contribution in [0.1, 0.15) is 40.5 Å². The Morgan fingerprint density at radius 1 is 1.16 bits per heavy atom. The van der Waals surface area contributed by atoms with Crippen LogP contribution < -0.4 is 16.0 Å². The Kier molecular flexibility index (Phi) is 9.31. The molecule has 0 bridgehead atoms. The lowest BCUT2D eigenvalue weighted by molar-refractivity contribution is -0.129. The zero-order valence-corrected chi connectivity index (χ0v) is 20.3. The molecule has 0 radical (unpaired) electrons. The molecular formula is C22H33BrN4O4. The molecule has 2 rings (SSSR count). The monoisotopic (exact) mass is 496 g/mol. The first-order valence-corrected chi connectivity index (χ1v) is 11.4. The fourth-order valence-corrected chi connectivity index (χ4v) is 3.59. The quantitative estimate of drug-likeness (QED) is 0.503. The number of anilines is 1. The minimum absolute atomic E-state index is 0.0591. The van der Waals surface area contributed by atoms with Crippen molar-refractivity contribution in [2.45, 2.75) is 52.2 Å². The van der Waals surface area contributed by atoms with Crippen LogP contribution in [0.15, 0.2) is 28.7 Å². The Hall–Kier alpha value is -2.13. The predicted molar refractivity (Wildman–Crippen MR) is 124 cm³/mol. The van der Waals surface area contributed by atoms with Crippen LogP contribution in [0, 0.1) is 5.92 Å². The van der Waals surface area contributed by atoms with E-state index in [-0.39, 0.29) is 23.8 Å². The maximum atomic E-state index is 12.6. The molecule has 0 aromatic heterocycles. The highest BCUT2D eigenvalue weighted by Gasteiger charge is 2.30.